The second kappa shape index (κ2) is 14.4. The number of aromatic hydroxyl groups is 1. The zero-order valence-electron chi connectivity index (χ0n) is 17.6. The first kappa shape index (κ1) is 23.4. The molecule has 0 saturated heterocycles. The third-order valence-corrected chi connectivity index (χ3v) is 5.86. The highest BCUT2D eigenvalue weighted by Gasteiger charge is 2.14. The minimum atomic E-state index is 0.523. The van der Waals surface area contributed by atoms with Gasteiger partial charge >= 0.3 is 0 Å². The normalized spacial score (nSPS) is 11.2. The molecule has 2 heteroatoms. The molecule has 1 rings (SSSR count). The summed E-state index contributed by atoms with van der Waals surface area (Å²) in [6.07, 6.45) is 17.9. The maximum absolute atomic E-state index is 10.6. The molecule has 0 heterocycles. The third-order valence-electron chi connectivity index (χ3n) is 5.54. The van der Waals surface area contributed by atoms with Gasteiger partial charge in [-0.3, -0.25) is 0 Å². The molecule has 26 heavy (non-hydrogen) atoms. The van der Waals surface area contributed by atoms with Gasteiger partial charge in [-0.05, 0) is 54.9 Å². The number of phenolic OH excluding ortho intramolecular Hbond substituents is 1. The number of phenols is 1. The van der Waals surface area contributed by atoms with Crippen LogP contribution in [0.4, 0.5) is 0 Å². The van der Waals surface area contributed by atoms with Crippen LogP contribution in [0.2, 0.25) is 0 Å². The maximum Gasteiger partial charge on any atom is 0.121 e. The summed E-state index contributed by atoms with van der Waals surface area (Å²) in [5.74, 6) is 1.26. The molecule has 0 amide bonds. The van der Waals surface area contributed by atoms with Crippen LogP contribution >= 0.6 is 12.6 Å². The van der Waals surface area contributed by atoms with E-state index in [0.29, 0.717) is 5.75 Å². The van der Waals surface area contributed by atoms with E-state index in [-0.39, 0.29) is 0 Å². The Bertz CT molecular complexity index is 495. The Hall–Kier alpha value is -0.630. The Morgan fingerprint density at radius 3 is 1.77 bits per heavy atom. The summed E-state index contributed by atoms with van der Waals surface area (Å²) < 4.78 is 0. The maximum atomic E-state index is 10.6. The summed E-state index contributed by atoms with van der Waals surface area (Å²) in [7, 11) is 0. The molecule has 0 fully saturated rings. The number of unbranched alkanes of at least 4 members (excludes halogenated alkanes) is 10. The smallest absolute Gasteiger partial charge is 0.121 e. The monoisotopic (exact) mass is 378 g/mol. The van der Waals surface area contributed by atoms with Gasteiger partial charge in [0.25, 0.3) is 0 Å². The van der Waals surface area contributed by atoms with E-state index in [0.717, 1.165) is 24.2 Å². The summed E-state index contributed by atoms with van der Waals surface area (Å²) in [4.78, 5) is 0. The van der Waals surface area contributed by atoms with Crippen molar-refractivity contribution in [3.8, 4) is 5.75 Å². The Morgan fingerprint density at radius 2 is 1.23 bits per heavy atom. The highest BCUT2D eigenvalue weighted by atomic mass is 32.1. The van der Waals surface area contributed by atoms with Gasteiger partial charge in [-0.1, -0.05) is 84.1 Å². The van der Waals surface area contributed by atoms with Gasteiger partial charge in [0.1, 0.15) is 5.75 Å². The van der Waals surface area contributed by atoms with Crippen LogP contribution in [0.25, 0.3) is 0 Å². The lowest BCUT2D eigenvalue weighted by molar-refractivity contribution is 0.460. The van der Waals surface area contributed by atoms with Crippen LogP contribution in [0.1, 0.15) is 113 Å². The van der Waals surface area contributed by atoms with E-state index >= 15 is 0 Å². The highest BCUT2D eigenvalue weighted by Crippen LogP contribution is 2.32. The lowest BCUT2D eigenvalue weighted by Crippen LogP contribution is -2.02. The number of hydrogen-bond donors (Lipinski definition) is 2. The molecule has 0 atom stereocenters. The fourth-order valence-electron chi connectivity index (χ4n) is 3.86. The summed E-state index contributed by atoms with van der Waals surface area (Å²) in [5, 5.41) is 10.6. The van der Waals surface area contributed by atoms with E-state index in [4.69, 9.17) is 0 Å². The van der Waals surface area contributed by atoms with Gasteiger partial charge in [-0.2, -0.15) is 12.6 Å². The van der Waals surface area contributed by atoms with Gasteiger partial charge < -0.3 is 5.11 Å². The fourth-order valence-corrected chi connectivity index (χ4v) is 4.25. The molecule has 0 aliphatic rings. The van der Waals surface area contributed by atoms with E-state index in [1.807, 2.05) is 6.92 Å². The number of rotatable bonds is 15. The van der Waals surface area contributed by atoms with Crippen LogP contribution < -0.4 is 0 Å². The third kappa shape index (κ3) is 8.37. The second-order valence-electron chi connectivity index (χ2n) is 7.85. The minimum absolute atomic E-state index is 0.523. The van der Waals surface area contributed by atoms with E-state index < -0.39 is 0 Å². The van der Waals surface area contributed by atoms with Crippen LogP contribution in [0.5, 0.6) is 5.75 Å². The number of thiol groups is 1. The molecule has 0 aliphatic carbocycles. The Labute approximate surface area is 168 Å². The lowest BCUT2D eigenvalue weighted by Gasteiger charge is -2.17. The van der Waals surface area contributed by atoms with Crippen molar-refractivity contribution in [3.63, 3.8) is 0 Å². The molecule has 0 unspecified atom stereocenters. The fraction of sp³-hybridized carbons (Fsp3) is 0.750. The van der Waals surface area contributed by atoms with Gasteiger partial charge in [0.05, 0.1) is 0 Å². The second-order valence-corrected chi connectivity index (χ2v) is 8.17. The quantitative estimate of drug-likeness (QED) is 0.234. The SMILES string of the molecule is CCCCCCCCc1cc(C)c(O)c(CCCCCCCC)c1CS. The number of benzene rings is 1. The van der Waals surface area contributed by atoms with Crippen molar-refractivity contribution in [2.45, 2.75) is 116 Å². The van der Waals surface area contributed by atoms with Crippen molar-refractivity contribution in [3.05, 3.63) is 28.3 Å². The molecule has 1 nitrogen and oxygen atoms in total. The Kier molecular flexibility index (Phi) is 13.0. The van der Waals surface area contributed by atoms with Gasteiger partial charge in [0, 0.05) is 5.75 Å². The van der Waals surface area contributed by atoms with Crippen LogP contribution in [-0.2, 0) is 18.6 Å². The Morgan fingerprint density at radius 1 is 0.731 bits per heavy atom. The molecule has 0 bridgehead atoms. The van der Waals surface area contributed by atoms with E-state index in [1.54, 1.807) is 0 Å². The van der Waals surface area contributed by atoms with Crippen LogP contribution in [0, 0.1) is 6.92 Å². The molecular weight excluding hydrogens is 336 g/mol. The van der Waals surface area contributed by atoms with E-state index in [1.165, 1.54) is 93.7 Å². The molecular formula is C24H42OS. The minimum Gasteiger partial charge on any atom is -0.507 e. The lowest BCUT2D eigenvalue weighted by atomic mass is 9.91. The van der Waals surface area contributed by atoms with Gasteiger partial charge in [0.15, 0.2) is 0 Å². The molecule has 0 saturated carbocycles. The number of aryl methyl sites for hydroxylation is 2. The zero-order valence-corrected chi connectivity index (χ0v) is 18.5. The van der Waals surface area contributed by atoms with Crippen molar-refractivity contribution >= 4 is 12.6 Å². The van der Waals surface area contributed by atoms with Crippen molar-refractivity contribution in [1.29, 1.82) is 0 Å². The zero-order chi connectivity index (χ0) is 19.2. The molecule has 0 aromatic heterocycles. The average Bonchev–Trinajstić information content (AvgIpc) is 2.64. The van der Waals surface area contributed by atoms with Gasteiger partial charge in [-0.25, -0.2) is 0 Å². The highest BCUT2D eigenvalue weighted by molar-refractivity contribution is 7.79. The summed E-state index contributed by atoms with van der Waals surface area (Å²) >= 11 is 4.60. The van der Waals surface area contributed by atoms with E-state index in [2.05, 4.69) is 32.5 Å². The first-order chi connectivity index (χ1) is 12.7. The van der Waals surface area contributed by atoms with Gasteiger partial charge in [0.2, 0.25) is 0 Å². The van der Waals surface area contributed by atoms with Crippen molar-refractivity contribution < 1.29 is 5.11 Å². The van der Waals surface area contributed by atoms with Crippen molar-refractivity contribution in [1.82, 2.24) is 0 Å². The van der Waals surface area contributed by atoms with Crippen molar-refractivity contribution in [2.24, 2.45) is 0 Å². The molecule has 1 aromatic rings. The predicted molar refractivity (Wildman–Crippen MR) is 120 cm³/mol. The molecule has 0 aliphatic heterocycles. The molecule has 1 aromatic carbocycles. The first-order valence-corrected chi connectivity index (χ1v) is 11.7. The van der Waals surface area contributed by atoms with Crippen molar-refractivity contribution in [2.75, 3.05) is 0 Å². The van der Waals surface area contributed by atoms with Crippen LogP contribution in [0.15, 0.2) is 6.07 Å². The van der Waals surface area contributed by atoms with Gasteiger partial charge in [-0.15, -0.1) is 0 Å². The van der Waals surface area contributed by atoms with E-state index in [9.17, 15) is 5.11 Å². The largest absolute Gasteiger partial charge is 0.507 e. The van der Waals surface area contributed by atoms with Crippen LogP contribution in [-0.4, -0.2) is 5.11 Å². The predicted octanol–water partition coefficient (Wildman–Crippen LogP) is 7.94. The molecule has 0 spiro atoms. The Balaban J connectivity index is 2.63. The summed E-state index contributed by atoms with van der Waals surface area (Å²) in [6, 6.07) is 2.21. The average molecular weight is 379 g/mol. The number of hydrogen-bond acceptors (Lipinski definition) is 2. The molecule has 0 radical (unpaired) electrons. The summed E-state index contributed by atoms with van der Waals surface area (Å²) in [6.45, 7) is 6.58. The topological polar surface area (TPSA) is 20.2 Å². The first-order valence-electron chi connectivity index (χ1n) is 11.1. The molecule has 1 N–H and O–H groups in total. The standard InChI is InChI=1S/C24H42OS/c1-4-6-8-10-12-14-16-21-18-20(3)24(25)22(23(21)19-26)17-15-13-11-9-7-5-2/h18,25-26H,4-17,19H2,1-3H3. The van der Waals surface area contributed by atoms with Crippen LogP contribution in [0.3, 0.4) is 0 Å². The summed E-state index contributed by atoms with van der Waals surface area (Å²) in [5.41, 5.74) is 4.94. The molecule has 150 valence electrons.